The molecular formula is C18H15ClFNO5. The third kappa shape index (κ3) is 4.23. The maximum absolute atomic E-state index is 13.5. The van der Waals surface area contributed by atoms with E-state index in [2.05, 4.69) is 5.32 Å². The molecule has 0 saturated carbocycles. The van der Waals surface area contributed by atoms with Crippen LogP contribution in [0.15, 0.2) is 36.4 Å². The number of hydrogen-bond acceptors (Lipinski definition) is 5. The van der Waals surface area contributed by atoms with Gasteiger partial charge in [-0.1, -0.05) is 29.8 Å². The molecule has 26 heavy (non-hydrogen) atoms. The van der Waals surface area contributed by atoms with E-state index in [0.717, 1.165) is 0 Å². The van der Waals surface area contributed by atoms with Gasteiger partial charge in [0.1, 0.15) is 19.0 Å². The van der Waals surface area contributed by atoms with E-state index in [4.69, 9.17) is 25.8 Å². The molecular weight excluding hydrogens is 365 g/mol. The first kappa shape index (κ1) is 18.0. The second-order valence-electron chi connectivity index (χ2n) is 5.43. The number of halogens is 2. The fraction of sp³-hybridized carbons (Fsp3) is 0.222. The third-order valence-electron chi connectivity index (χ3n) is 3.60. The van der Waals surface area contributed by atoms with Crippen LogP contribution in [-0.4, -0.2) is 31.7 Å². The van der Waals surface area contributed by atoms with E-state index in [1.807, 2.05) is 0 Å². The Hall–Kier alpha value is -2.80. The van der Waals surface area contributed by atoms with E-state index in [-0.39, 0.29) is 17.1 Å². The zero-order valence-corrected chi connectivity index (χ0v) is 14.3. The molecule has 1 amide bonds. The van der Waals surface area contributed by atoms with Gasteiger partial charge in [0, 0.05) is 12.1 Å². The van der Waals surface area contributed by atoms with Crippen molar-refractivity contribution in [1.82, 2.24) is 5.32 Å². The summed E-state index contributed by atoms with van der Waals surface area (Å²) in [5.74, 6) is -0.984. The van der Waals surface area contributed by atoms with Crippen LogP contribution in [0.4, 0.5) is 4.39 Å². The highest BCUT2D eigenvalue weighted by atomic mass is 35.5. The molecule has 0 aromatic heterocycles. The number of amides is 1. The van der Waals surface area contributed by atoms with Crippen LogP contribution < -0.4 is 14.8 Å². The minimum absolute atomic E-state index is 0.00108. The predicted octanol–water partition coefficient (Wildman–Crippen LogP) is 2.72. The van der Waals surface area contributed by atoms with Gasteiger partial charge >= 0.3 is 5.97 Å². The molecule has 1 heterocycles. The fourth-order valence-corrected chi connectivity index (χ4v) is 2.59. The van der Waals surface area contributed by atoms with Gasteiger partial charge in [0.05, 0.1) is 10.6 Å². The number of nitrogens with one attached hydrogen (secondary N) is 1. The number of carbonyl (C=O) groups excluding carboxylic acids is 2. The molecule has 1 aliphatic heterocycles. The first-order valence-corrected chi connectivity index (χ1v) is 8.19. The standard InChI is InChI=1S/C18H15ClFNO5/c19-13-7-12(8-15-17(13)25-6-5-24-15)18(23)26-10-16(22)21-9-11-3-1-2-4-14(11)20/h1-4,7-8H,5-6,9-10H2,(H,21,22). The number of esters is 1. The monoisotopic (exact) mass is 379 g/mol. The number of benzene rings is 2. The summed E-state index contributed by atoms with van der Waals surface area (Å²) in [5, 5.41) is 2.70. The lowest BCUT2D eigenvalue weighted by Gasteiger charge is -2.19. The van der Waals surface area contributed by atoms with Gasteiger partial charge < -0.3 is 19.5 Å². The largest absolute Gasteiger partial charge is 0.486 e. The molecule has 0 saturated heterocycles. The summed E-state index contributed by atoms with van der Waals surface area (Å²) in [4.78, 5) is 23.9. The van der Waals surface area contributed by atoms with Crippen molar-refractivity contribution >= 4 is 23.5 Å². The van der Waals surface area contributed by atoms with E-state index >= 15 is 0 Å². The average Bonchev–Trinajstić information content (AvgIpc) is 2.65. The van der Waals surface area contributed by atoms with Crippen LogP contribution in [0.5, 0.6) is 11.5 Å². The molecule has 1 N–H and O–H groups in total. The Morgan fingerprint density at radius 3 is 2.77 bits per heavy atom. The smallest absolute Gasteiger partial charge is 0.338 e. The highest BCUT2D eigenvalue weighted by Gasteiger charge is 2.20. The van der Waals surface area contributed by atoms with Crippen molar-refractivity contribution < 1.29 is 28.2 Å². The summed E-state index contributed by atoms with van der Waals surface area (Å²) in [6.45, 7) is 0.219. The first-order valence-electron chi connectivity index (χ1n) is 7.81. The summed E-state index contributed by atoms with van der Waals surface area (Å²) in [6.07, 6.45) is 0. The number of ether oxygens (including phenoxy) is 3. The fourth-order valence-electron chi connectivity index (χ4n) is 2.33. The zero-order valence-electron chi connectivity index (χ0n) is 13.6. The van der Waals surface area contributed by atoms with Gasteiger partial charge in [-0.15, -0.1) is 0 Å². The van der Waals surface area contributed by atoms with Crippen LogP contribution >= 0.6 is 11.6 Å². The molecule has 0 radical (unpaired) electrons. The van der Waals surface area contributed by atoms with Crippen molar-refractivity contribution in [3.8, 4) is 11.5 Å². The molecule has 3 rings (SSSR count). The van der Waals surface area contributed by atoms with Gasteiger partial charge in [-0.2, -0.15) is 0 Å². The van der Waals surface area contributed by atoms with Crippen LogP contribution in [-0.2, 0) is 16.1 Å². The van der Waals surface area contributed by atoms with Crippen molar-refractivity contribution in [3.05, 3.63) is 58.4 Å². The zero-order chi connectivity index (χ0) is 18.5. The topological polar surface area (TPSA) is 73.9 Å². The number of carbonyl (C=O) groups is 2. The third-order valence-corrected chi connectivity index (χ3v) is 3.88. The van der Waals surface area contributed by atoms with E-state index in [0.29, 0.717) is 30.3 Å². The number of hydrogen-bond donors (Lipinski definition) is 1. The average molecular weight is 380 g/mol. The molecule has 0 fully saturated rings. The lowest BCUT2D eigenvalue weighted by atomic mass is 10.2. The maximum atomic E-state index is 13.5. The second kappa shape index (κ2) is 8.05. The van der Waals surface area contributed by atoms with Gasteiger partial charge in [-0.05, 0) is 18.2 Å². The van der Waals surface area contributed by atoms with Crippen molar-refractivity contribution in [2.75, 3.05) is 19.8 Å². The van der Waals surface area contributed by atoms with Crippen LogP contribution in [0.2, 0.25) is 5.02 Å². The SMILES string of the molecule is O=C(COC(=O)c1cc(Cl)c2c(c1)OCCO2)NCc1ccccc1F. The van der Waals surface area contributed by atoms with Gasteiger partial charge in [-0.25, -0.2) is 9.18 Å². The molecule has 0 bridgehead atoms. The number of rotatable bonds is 5. The quantitative estimate of drug-likeness (QED) is 0.809. The molecule has 0 atom stereocenters. The highest BCUT2D eigenvalue weighted by Crippen LogP contribution is 2.38. The molecule has 136 valence electrons. The van der Waals surface area contributed by atoms with E-state index < -0.39 is 24.3 Å². The van der Waals surface area contributed by atoms with Crippen LogP contribution in [0, 0.1) is 5.82 Å². The lowest BCUT2D eigenvalue weighted by molar-refractivity contribution is -0.124. The summed E-state index contributed by atoms with van der Waals surface area (Å²) in [7, 11) is 0. The van der Waals surface area contributed by atoms with Crippen LogP contribution in [0.3, 0.4) is 0 Å². The lowest BCUT2D eigenvalue weighted by Crippen LogP contribution is -2.28. The Kier molecular flexibility index (Phi) is 5.58. The molecule has 0 aliphatic carbocycles. The Morgan fingerprint density at radius 2 is 1.96 bits per heavy atom. The molecule has 6 nitrogen and oxygen atoms in total. The normalized spacial score (nSPS) is 12.4. The second-order valence-corrected chi connectivity index (χ2v) is 5.83. The van der Waals surface area contributed by atoms with Gasteiger partial charge in [-0.3, -0.25) is 4.79 Å². The van der Waals surface area contributed by atoms with E-state index in [9.17, 15) is 14.0 Å². The Bertz CT molecular complexity index is 842. The minimum Gasteiger partial charge on any atom is -0.486 e. The summed E-state index contributed by atoms with van der Waals surface area (Å²) < 4.78 is 29.2. The molecule has 0 spiro atoms. The van der Waals surface area contributed by atoms with Crippen LogP contribution in [0.25, 0.3) is 0 Å². The molecule has 0 unspecified atom stereocenters. The van der Waals surface area contributed by atoms with E-state index in [1.165, 1.54) is 18.2 Å². The van der Waals surface area contributed by atoms with Crippen LogP contribution in [0.1, 0.15) is 15.9 Å². The first-order chi connectivity index (χ1) is 12.5. The summed E-state index contributed by atoms with van der Waals surface area (Å²) >= 11 is 6.06. The van der Waals surface area contributed by atoms with Crippen molar-refractivity contribution in [2.24, 2.45) is 0 Å². The number of fused-ring (bicyclic) bond motifs is 1. The van der Waals surface area contributed by atoms with Crippen molar-refractivity contribution in [3.63, 3.8) is 0 Å². The molecule has 8 heteroatoms. The predicted molar refractivity (Wildman–Crippen MR) is 91.0 cm³/mol. The molecule has 2 aromatic carbocycles. The van der Waals surface area contributed by atoms with Gasteiger partial charge in [0.25, 0.3) is 5.91 Å². The van der Waals surface area contributed by atoms with Crippen molar-refractivity contribution in [1.29, 1.82) is 0 Å². The highest BCUT2D eigenvalue weighted by molar-refractivity contribution is 6.32. The van der Waals surface area contributed by atoms with E-state index in [1.54, 1.807) is 18.2 Å². The minimum atomic E-state index is -0.732. The molecule has 2 aromatic rings. The van der Waals surface area contributed by atoms with Crippen molar-refractivity contribution in [2.45, 2.75) is 6.54 Å². The van der Waals surface area contributed by atoms with Gasteiger partial charge in [0.2, 0.25) is 0 Å². The summed E-state index contributed by atoms with van der Waals surface area (Å²) in [5.41, 5.74) is 0.479. The Labute approximate surface area is 153 Å². The molecule has 1 aliphatic rings. The Balaban J connectivity index is 1.54. The Morgan fingerprint density at radius 1 is 1.19 bits per heavy atom. The summed E-state index contributed by atoms with van der Waals surface area (Å²) in [6, 6.07) is 8.90. The van der Waals surface area contributed by atoms with Gasteiger partial charge in [0.15, 0.2) is 18.1 Å². The maximum Gasteiger partial charge on any atom is 0.338 e.